The van der Waals surface area contributed by atoms with Crippen LogP contribution in [0.1, 0.15) is 39.1 Å². The molecule has 1 aliphatic heterocycles. The van der Waals surface area contributed by atoms with E-state index in [0.717, 1.165) is 59.3 Å². The second-order valence-electron chi connectivity index (χ2n) is 9.50. The Hall–Kier alpha value is -3.92. The lowest BCUT2D eigenvalue weighted by Gasteiger charge is -2.27. The number of nitriles is 1. The summed E-state index contributed by atoms with van der Waals surface area (Å²) >= 11 is 6.00. The monoisotopic (exact) mass is 509 g/mol. The van der Waals surface area contributed by atoms with E-state index < -0.39 is 0 Å². The van der Waals surface area contributed by atoms with Crippen LogP contribution in [-0.2, 0) is 19.5 Å². The molecule has 1 aliphatic rings. The molecule has 37 heavy (non-hydrogen) atoms. The van der Waals surface area contributed by atoms with E-state index in [9.17, 15) is 10.1 Å². The van der Waals surface area contributed by atoms with Crippen LogP contribution in [0.4, 0.5) is 4.79 Å². The average molecular weight is 510 g/mol. The molecule has 0 bridgehead atoms. The van der Waals surface area contributed by atoms with Gasteiger partial charge in [0, 0.05) is 49.9 Å². The molecule has 0 saturated carbocycles. The molecule has 1 amide bonds. The highest BCUT2D eigenvalue weighted by Gasteiger charge is 2.27. The van der Waals surface area contributed by atoms with E-state index in [1.54, 1.807) is 16.8 Å². The van der Waals surface area contributed by atoms with Crippen LogP contribution in [0.25, 0.3) is 17.0 Å². The molecule has 0 spiro atoms. The van der Waals surface area contributed by atoms with Gasteiger partial charge in [0.1, 0.15) is 5.15 Å². The quantitative estimate of drug-likeness (QED) is 0.334. The van der Waals surface area contributed by atoms with Gasteiger partial charge < -0.3 is 5.32 Å². The second-order valence-corrected chi connectivity index (χ2v) is 9.89. The van der Waals surface area contributed by atoms with Crippen LogP contribution in [0.3, 0.4) is 0 Å². The fourth-order valence-corrected chi connectivity index (χ4v) is 5.09. The Kier molecular flexibility index (Phi) is 7.09. The number of hydrogen-bond donors (Lipinski definition) is 1. The predicted molar refractivity (Wildman–Crippen MR) is 147 cm³/mol. The Morgan fingerprint density at radius 3 is 2.76 bits per heavy atom. The molecule has 4 aromatic rings. The van der Waals surface area contributed by atoms with Crippen LogP contribution in [0.15, 0.2) is 60.8 Å². The highest BCUT2D eigenvalue weighted by Crippen LogP contribution is 2.33. The lowest BCUT2D eigenvalue weighted by atomic mass is 10.0. The maximum absolute atomic E-state index is 13.5. The van der Waals surface area contributed by atoms with Crippen molar-refractivity contribution in [3.8, 4) is 6.07 Å². The molecule has 0 radical (unpaired) electrons. The molecule has 2 aromatic heterocycles. The van der Waals surface area contributed by atoms with Crippen molar-refractivity contribution in [2.45, 2.75) is 33.4 Å². The van der Waals surface area contributed by atoms with Crippen LogP contribution in [0.2, 0.25) is 5.15 Å². The lowest BCUT2D eigenvalue weighted by molar-refractivity contribution is 0.240. The SMILES string of the molecule is Cc1ccc(/C=C/CN2CCc3c(c4cc(C)c(C#N)cc4n3C(=O)NCc3ccnc(Cl)c3)C2)cc1. The summed E-state index contributed by atoms with van der Waals surface area (Å²) in [4.78, 5) is 19.9. The Balaban J connectivity index is 1.42. The summed E-state index contributed by atoms with van der Waals surface area (Å²) in [5.41, 5.74) is 7.74. The second kappa shape index (κ2) is 10.6. The summed E-state index contributed by atoms with van der Waals surface area (Å²) in [6.07, 6.45) is 6.72. The Bertz CT molecular complexity index is 1550. The number of pyridine rings is 1. The number of amides is 1. The number of fused-ring (bicyclic) bond motifs is 3. The molecule has 0 aliphatic carbocycles. The Labute approximate surface area is 221 Å². The zero-order chi connectivity index (χ0) is 25.9. The topological polar surface area (TPSA) is 74.0 Å². The molecule has 6 nitrogen and oxygen atoms in total. The number of benzene rings is 2. The van der Waals surface area contributed by atoms with Gasteiger partial charge >= 0.3 is 6.03 Å². The van der Waals surface area contributed by atoms with E-state index in [1.165, 1.54) is 11.1 Å². The van der Waals surface area contributed by atoms with Gasteiger partial charge in [-0.05, 0) is 60.4 Å². The molecule has 2 aromatic carbocycles. The summed E-state index contributed by atoms with van der Waals surface area (Å²) in [5.74, 6) is 0. The number of nitrogens with one attached hydrogen (secondary N) is 1. The number of halogens is 1. The minimum atomic E-state index is -0.209. The van der Waals surface area contributed by atoms with Crippen molar-refractivity contribution in [3.05, 3.63) is 105 Å². The van der Waals surface area contributed by atoms with Crippen molar-refractivity contribution in [1.82, 2.24) is 19.8 Å². The third kappa shape index (κ3) is 5.29. The van der Waals surface area contributed by atoms with Gasteiger partial charge in [-0.1, -0.05) is 53.6 Å². The minimum Gasteiger partial charge on any atom is -0.333 e. The van der Waals surface area contributed by atoms with Crippen molar-refractivity contribution in [2.75, 3.05) is 13.1 Å². The highest BCUT2D eigenvalue weighted by atomic mass is 35.5. The van der Waals surface area contributed by atoms with E-state index >= 15 is 0 Å². The summed E-state index contributed by atoms with van der Waals surface area (Å²) in [6.45, 7) is 6.78. The number of carbonyl (C=O) groups is 1. The van der Waals surface area contributed by atoms with Gasteiger partial charge in [0.2, 0.25) is 0 Å². The molecule has 7 heteroatoms. The first kappa shape index (κ1) is 24.8. The maximum Gasteiger partial charge on any atom is 0.326 e. The van der Waals surface area contributed by atoms with Crippen LogP contribution >= 0.6 is 11.6 Å². The smallest absolute Gasteiger partial charge is 0.326 e. The molecule has 5 rings (SSSR count). The van der Waals surface area contributed by atoms with E-state index in [1.807, 2.05) is 25.1 Å². The molecular weight excluding hydrogens is 482 g/mol. The maximum atomic E-state index is 13.5. The first-order chi connectivity index (χ1) is 17.9. The van der Waals surface area contributed by atoms with Crippen LogP contribution in [0, 0.1) is 25.2 Å². The van der Waals surface area contributed by atoms with Gasteiger partial charge in [-0.2, -0.15) is 5.26 Å². The molecule has 0 saturated heterocycles. The molecular formula is C30H28ClN5O. The molecule has 0 atom stereocenters. The van der Waals surface area contributed by atoms with Crippen LogP contribution in [0.5, 0.6) is 0 Å². The number of aromatic nitrogens is 2. The standard InChI is InChI=1S/C30H28ClN5O/c1-20-5-7-22(8-6-20)4-3-12-35-13-10-27-26(19-35)25-14-21(2)24(17-32)16-28(25)36(27)30(37)34-18-23-9-11-33-29(31)15-23/h3-9,11,14-16H,10,12-13,18-19H2,1-2H3,(H,34,37)/b4-3+. The van der Waals surface area contributed by atoms with Crippen LogP contribution in [-0.4, -0.2) is 33.6 Å². The molecule has 0 fully saturated rings. The van der Waals surface area contributed by atoms with Gasteiger partial charge in [-0.3, -0.25) is 9.47 Å². The van der Waals surface area contributed by atoms with Gasteiger partial charge in [0.25, 0.3) is 0 Å². The van der Waals surface area contributed by atoms with Gasteiger partial charge in [0.15, 0.2) is 0 Å². The number of carbonyl (C=O) groups excluding carboxylic acids is 1. The third-order valence-electron chi connectivity index (χ3n) is 6.88. The third-order valence-corrected chi connectivity index (χ3v) is 7.09. The first-order valence-electron chi connectivity index (χ1n) is 12.3. The zero-order valence-corrected chi connectivity index (χ0v) is 21.7. The Morgan fingerprint density at radius 2 is 2.00 bits per heavy atom. The largest absolute Gasteiger partial charge is 0.333 e. The van der Waals surface area contributed by atoms with Crippen molar-refractivity contribution in [2.24, 2.45) is 0 Å². The number of nitrogens with zero attached hydrogens (tertiary/aromatic N) is 4. The normalized spacial score (nSPS) is 13.6. The summed E-state index contributed by atoms with van der Waals surface area (Å²) < 4.78 is 1.76. The van der Waals surface area contributed by atoms with Crippen molar-refractivity contribution >= 4 is 34.6 Å². The molecule has 1 N–H and O–H groups in total. The molecule has 0 unspecified atom stereocenters. The fourth-order valence-electron chi connectivity index (χ4n) is 4.90. The fraction of sp³-hybridized carbons (Fsp3) is 0.233. The first-order valence-corrected chi connectivity index (χ1v) is 12.7. The summed E-state index contributed by atoms with van der Waals surface area (Å²) in [6, 6.07) is 18.0. The minimum absolute atomic E-state index is 0.209. The number of aryl methyl sites for hydroxylation is 2. The Morgan fingerprint density at radius 1 is 1.19 bits per heavy atom. The number of hydrogen-bond acceptors (Lipinski definition) is 4. The van der Waals surface area contributed by atoms with Crippen LogP contribution < -0.4 is 5.32 Å². The molecule has 186 valence electrons. The summed E-state index contributed by atoms with van der Waals surface area (Å²) in [5, 5.41) is 14.1. The zero-order valence-electron chi connectivity index (χ0n) is 21.0. The molecule has 3 heterocycles. The van der Waals surface area contributed by atoms with Gasteiger partial charge in [-0.15, -0.1) is 0 Å². The lowest BCUT2D eigenvalue weighted by Crippen LogP contribution is -2.34. The number of rotatable bonds is 5. The van der Waals surface area contributed by atoms with Gasteiger partial charge in [-0.25, -0.2) is 9.78 Å². The van der Waals surface area contributed by atoms with E-state index in [2.05, 4.69) is 64.6 Å². The summed E-state index contributed by atoms with van der Waals surface area (Å²) in [7, 11) is 0. The van der Waals surface area contributed by atoms with Crippen molar-refractivity contribution in [3.63, 3.8) is 0 Å². The van der Waals surface area contributed by atoms with E-state index in [-0.39, 0.29) is 6.03 Å². The van der Waals surface area contributed by atoms with Crippen molar-refractivity contribution < 1.29 is 4.79 Å². The van der Waals surface area contributed by atoms with Crippen molar-refractivity contribution in [1.29, 1.82) is 5.26 Å². The van der Waals surface area contributed by atoms with E-state index in [0.29, 0.717) is 17.3 Å². The highest BCUT2D eigenvalue weighted by molar-refractivity contribution is 6.29. The predicted octanol–water partition coefficient (Wildman–Crippen LogP) is 6.01. The van der Waals surface area contributed by atoms with E-state index in [4.69, 9.17) is 11.6 Å². The van der Waals surface area contributed by atoms with Gasteiger partial charge in [0.05, 0.1) is 17.1 Å². The average Bonchev–Trinajstić information content (AvgIpc) is 3.20.